The Bertz CT molecular complexity index is 426. The summed E-state index contributed by atoms with van der Waals surface area (Å²) in [7, 11) is 1.54. The van der Waals surface area contributed by atoms with Gasteiger partial charge in [0.25, 0.3) is 0 Å². The molecule has 0 aromatic heterocycles. The van der Waals surface area contributed by atoms with Gasteiger partial charge >= 0.3 is 0 Å². The van der Waals surface area contributed by atoms with Crippen LogP contribution in [0.5, 0.6) is 5.75 Å². The summed E-state index contributed by atoms with van der Waals surface area (Å²) in [5, 5.41) is 2.69. The van der Waals surface area contributed by atoms with E-state index in [1.165, 1.54) is 0 Å². The van der Waals surface area contributed by atoms with Crippen molar-refractivity contribution >= 4 is 17.4 Å². The van der Waals surface area contributed by atoms with Gasteiger partial charge in [0, 0.05) is 24.5 Å². The smallest absolute Gasteiger partial charge is 0.224 e. The van der Waals surface area contributed by atoms with Crippen molar-refractivity contribution in [2.24, 2.45) is 0 Å². The molecule has 4 nitrogen and oxygen atoms in total. The molecule has 0 fully saturated rings. The molecule has 2 rings (SSSR count). The number of ether oxygens (including phenoxy) is 1. The number of nitrogens with one attached hydrogen (secondary N) is 1. The number of benzene rings is 1. The summed E-state index contributed by atoms with van der Waals surface area (Å²) in [6.45, 7) is 0. The van der Waals surface area contributed by atoms with Crippen LogP contribution in [0.15, 0.2) is 18.2 Å². The maximum atomic E-state index is 11.6. The van der Waals surface area contributed by atoms with Crippen LogP contribution in [-0.2, 0) is 4.79 Å². The molecule has 78 valence electrons. The van der Waals surface area contributed by atoms with E-state index in [1.807, 2.05) is 0 Å². The van der Waals surface area contributed by atoms with Gasteiger partial charge in [0.15, 0.2) is 5.78 Å². The molecule has 0 bridgehead atoms. The number of ketones is 1. The van der Waals surface area contributed by atoms with Crippen molar-refractivity contribution in [3.8, 4) is 5.75 Å². The third kappa shape index (κ3) is 1.83. The summed E-state index contributed by atoms with van der Waals surface area (Å²) in [6.07, 6.45) is 0.515. The Kier molecular flexibility index (Phi) is 2.41. The van der Waals surface area contributed by atoms with Gasteiger partial charge in [-0.05, 0) is 12.1 Å². The topological polar surface area (TPSA) is 55.4 Å². The zero-order chi connectivity index (χ0) is 10.8. The zero-order valence-electron chi connectivity index (χ0n) is 8.37. The Balaban J connectivity index is 2.47. The number of amides is 1. The largest absolute Gasteiger partial charge is 0.497 e. The second kappa shape index (κ2) is 3.73. The van der Waals surface area contributed by atoms with E-state index < -0.39 is 0 Å². The van der Waals surface area contributed by atoms with E-state index in [2.05, 4.69) is 5.32 Å². The Morgan fingerprint density at radius 2 is 2.07 bits per heavy atom. The van der Waals surface area contributed by atoms with Gasteiger partial charge in [0.1, 0.15) is 5.75 Å². The first-order chi connectivity index (χ1) is 7.20. The van der Waals surface area contributed by atoms with Crippen molar-refractivity contribution in [2.75, 3.05) is 12.4 Å². The third-order valence-electron chi connectivity index (χ3n) is 2.38. The number of carbonyl (C=O) groups is 2. The fourth-order valence-electron chi connectivity index (χ4n) is 1.57. The van der Waals surface area contributed by atoms with E-state index in [-0.39, 0.29) is 24.5 Å². The van der Waals surface area contributed by atoms with Crippen molar-refractivity contribution in [1.82, 2.24) is 0 Å². The predicted molar refractivity (Wildman–Crippen MR) is 55.2 cm³/mol. The summed E-state index contributed by atoms with van der Waals surface area (Å²) in [5.41, 5.74) is 1.10. The Hall–Kier alpha value is -1.84. The summed E-state index contributed by atoms with van der Waals surface area (Å²) in [6, 6.07) is 5.06. The fraction of sp³-hybridized carbons (Fsp3) is 0.273. The Labute approximate surface area is 87.2 Å². The zero-order valence-corrected chi connectivity index (χ0v) is 8.37. The molecular weight excluding hydrogens is 194 g/mol. The lowest BCUT2D eigenvalue weighted by molar-refractivity contribution is -0.116. The average molecular weight is 205 g/mol. The monoisotopic (exact) mass is 205 g/mol. The molecule has 1 heterocycles. The molecule has 0 saturated carbocycles. The minimum Gasteiger partial charge on any atom is -0.497 e. The van der Waals surface area contributed by atoms with Crippen molar-refractivity contribution < 1.29 is 14.3 Å². The lowest BCUT2D eigenvalue weighted by atomic mass is 10.1. The van der Waals surface area contributed by atoms with Crippen LogP contribution in [0.25, 0.3) is 0 Å². The minimum atomic E-state index is -0.129. The van der Waals surface area contributed by atoms with Crippen LogP contribution in [0.3, 0.4) is 0 Å². The highest BCUT2D eigenvalue weighted by Crippen LogP contribution is 2.26. The number of fused-ring (bicyclic) bond motifs is 1. The Morgan fingerprint density at radius 3 is 2.80 bits per heavy atom. The minimum absolute atomic E-state index is 0.00833. The fourth-order valence-corrected chi connectivity index (χ4v) is 1.57. The molecular formula is C11H11NO3. The van der Waals surface area contributed by atoms with Gasteiger partial charge in [-0.2, -0.15) is 0 Å². The van der Waals surface area contributed by atoms with E-state index >= 15 is 0 Å². The average Bonchev–Trinajstić information content (AvgIpc) is 2.38. The molecule has 1 aliphatic rings. The molecule has 1 N–H and O–H groups in total. The van der Waals surface area contributed by atoms with E-state index in [0.717, 1.165) is 0 Å². The van der Waals surface area contributed by atoms with Gasteiger partial charge in [0.05, 0.1) is 12.8 Å². The van der Waals surface area contributed by atoms with Crippen LogP contribution in [0.4, 0.5) is 5.69 Å². The molecule has 0 saturated heterocycles. The van der Waals surface area contributed by atoms with E-state index in [1.54, 1.807) is 25.3 Å². The van der Waals surface area contributed by atoms with E-state index in [9.17, 15) is 9.59 Å². The number of hydrogen-bond acceptors (Lipinski definition) is 3. The maximum absolute atomic E-state index is 11.6. The molecule has 4 heteroatoms. The summed E-state index contributed by atoms with van der Waals surface area (Å²) in [4.78, 5) is 22.9. The summed E-state index contributed by atoms with van der Waals surface area (Å²) < 4.78 is 5.03. The second-order valence-electron chi connectivity index (χ2n) is 3.38. The summed E-state index contributed by atoms with van der Waals surface area (Å²) in [5.74, 6) is 0.491. The van der Waals surface area contributed by atoms with E-state index in [0.29, 0.717) is 17.0 Å². The van der Waals surface area contributed by atoms with Crippen LogP contribution in [0.2, 0.25) is 0 Å². The molecule has 0 aliphatic carbocycles. The van der Waals surface area contributed by atoms with Gasteiger partial charge in [-0.15, -0.1) is 0 Å². The molecule has 1 aliphatic heterocycles. The van der Waals surface area contributed by atoms with Crippen molar-refractivity contribution in [3.05, 3.63) is 23.8 Å². The first-order valence-electron chi connectivity index (χ1n) is 4.72. The number of carbonyl (C=O) groups excluding carboxylic acids is 2. The number of Topliss-reactive ketones (excluding diaryl/α,β-unsaturated/α-hetero) is 1. The molecule has 15 heavy (non-hydrogen) atoms. The SMILES string of the molecule is COc1ccc2c(c1)NC(=O)CCC2=O. The highest BCUT2D eigenvalue weighted by atomic mass is 16.5. The van der Waals surface area contributed by atoms with Crippen molar-refractivity contribution in [1.29, 1.82) is 0 Å². The second-order valence-corrected chi connectivity index (χ2v) is 3.38. The highest BCUT2D eigenvalue weighted by Gasteiger charge is 2.19. The molecule has 0 unspecified atom stereocenters. The molecule has 1 aromatic rings. The van der Waals surface area contributed by atoms with Crippen LogP contribution in [-0.4, -0.2) is 18.8 Å². The first-order valence-corrected chi connectivity index (χ1v) is 4.72. The quantitative estimate of drug-likeness (QED) is 0.757. The first kappa shape index (κ1) is 9.71. The van der Waals surface area contributed by atoms with Crippen LogP contribution >= 0.6 is 0 Å². The van der Waals surface area contributed by atoms with Crippen molar-refractivity contribution in [3.63, 3.8) is 0 Å². The standard InChI is InChI=1S/C11H11NO3/c1-15-7-2-3-8-9(6-7)12-11(14)5-4-10(8)13/h2-3,6H,4-5H2,1H3,(H,12,14). The lowest BCUT2D eigenvalue weighted by Crippen LogP contribution is -2.09. The molecule has 1 aromatic carbocycles. The number of rotatable bonds is 1. The van der Waals surface area contributed by atoms with Gasteiger partial charge < -0.3 is 10.1 Å². The van der Waals surface area contributed by atoms with Gasteiger partial charge in [0.2, 0.25) is 5.91 Å². The number of anilines is 1. The number of hydrogen-bond donors (Lipinski definition) is 1. The van der Waals surface area contributed by atoms with Crippen LogP contribution in [0.1, 0.15) is 23.2 Å². The van der Waals surface area contributed by atoms with Crippen LogP contribution < -0.4 is 10.1 Å². The normalized spacial score (nSPS) is 15.3. The van der Waals surface area contributed by atoms with Gasteiger partial charge in [-0.25, -0.2) is 0 Å². The van der Waals surface area contributed by atoms with Crippen molar-refractivity contribution in [2.45, 2.75) is 12.8 Å². The molecule has 0 radical (unpaired) electrons. The Morgan fingerprint density at radius 1 is 1.27 bits per heavy atom. The van der Waals surface area contributed by atoms with Crippen LogP contribution in [0, 0.1) is 0 Å². The third-order valence-corrected chi connectivity index (χ3v) is 2.38. The maximum Gasteiger partial charge on any atom is 0.224 e. The highest BCUT2D eigenvalue weighted by molar-refractivity contribution is 6.09. The number of methoxy groups -OCH3 is 1. The molecule has 1 amide bonds. The molecule has 0 atom stereocenters. The molecule has 0 spiro atoms. The van der Waals surface area contributed by atoms with E-state index in [4.69, 9.17) is 4.74 Å². The van der Waals surface area contributed by atoms with Gasteiger partial charge in [-0.1, -0.05) is 0 Å². The lowest BCUT2D eigenvalue weighted by Gasteiger charge is -2.07. The van der Waals surface area contributed by atoms with Gasteiger partial charge in [-0.3, -0.25) is 9.59 Å². The summed E-state index contributed by atoms with van der Waals surface area (Å²) >= 11 is 0. The predicted octanol–water partition coefficient (Wildman–Crippen LogP) is 1.61.